The van der Waals surface area contributed by atoms with Gasteiger partial charge in [-0.05, 0) is 18.6 Å². The van der Waals surface area contributed by atoms with E-state index in [4.69, 9.17) is 10.4 Å². The van der Waals surface area contributed by atoms with Gasteiger partial charge in [-0.3, -0.25) is 0 Å². The summed E-state index contributed by atoms with van der Waals surface area (Å²) in [6.45, 7) is 2.70. The van der Waals surface area contributed by atoms with Crippen LogP contribution in [0.1, 0.15) is 21.6 Å². The number of nitrogens with zero attached hydrogens (tertiary/aromatic N) is 5. The number of pyridine rings is 1. The van der Waals surface area contributed by atoms with Gasteiger partial charge < -0.3 is 10.4 Å². The molecule has 2 aromatic heterocycles. The summed E-state index contributed by atoms with van der Waals surface area (Å²) in [7, 11) is 0. The van der Waals surface area contributed by atoms with Crippen LogP contribution >= 0.6 is 0 Å². The average Bonchev–Trinajstić information content (AvgIpc) is 2.88. The second-order valence-corrected chi connectivity index (χ2v) is 4.06. The van der Waals surface area contributed by atoms with Gasteiger partial charge in [0, 0.05) is 12.7 Å². The molecule has 8 heteroatoms. The summed E-state index contributed by atoms with van der Waals surface area (Å²) in [4.78, 5) is 14.8. The van der Waals surface area contributed by atoms with E-state index in [0.717, 1.165) is 5.56 Å². The fourth-order valence-corrected chi connectivity index (χ4v) is 1.63. The first-order valence-electron chi connectivity index (χ1n) is 5.85. The largest absolute Gasteiger partial charge is 0.476 e. The number of anilines is 1. The van der Waals surface area contributed by atoms with E-state index in [0.29, 0.717) is 24.5 Å². The number of hydrogen-bond donors (Lipinski definition) is 2. The number of nitrogens with one attached hydrogen (secondary N) is 1. The van der Waals surface area contributed by atoms with Gasteiger partial charge in [0.25, 0.3) is 0 Å². The average molecular weight is 272 g/mol. The molecule has 102 valence electrons. The number of carbonyl (C=O) groups is 1. The predicted octanol–water partition coefficient (Wildman–Crippen LogP) is 0.663. The van der Waals surface area contributed by atoms with Gasteiger partial charge in [0.05, 0.1) is 18.3 Å². The Balaban J connectivity index is 1.98. The molecule has 2 rings (SSSR count). The van der Waals surface area contributed by atoms with Crippen molar-refractivity contribution in [3.63, 3.8) is 0 Å². The smallest absolute Gasteiger partial charge is 0.358 e. The third kappa shape index (κ3) is 2.89. The molecule has 0 aliphatic carbocycles. The van der Waals surface area contributed by atoms with Crippen LogP contribution in [0.2, 0.25) is 0 Å². The van der Waals surface area contributed by atoms with Crippen molar-refractivity contribution in [1.82, 2.24) is 20.0 Å². The maximum Gasteiger partial charge on any atom is 0.358 e. The molecule has 0 radical (unpaired) electrons. The van der Waals surface area contributed by atoms with Crippen LogP contribution in [0.4, 0.5) is 5.82 Å². The van der Waals surface area contributed by atoms with Crippen molar-refractivity contribution in [2.24, 2.45) is 0 Å². The van der Waals surface area contributed by atoms with Crippen molar-refractivity contribution in [2.45, 2.75) is 13.5 Å². The molecule has 0 saturated carbocycles. The highest BCUT2D eigenvalue weighted by Crippen LogP contribution is 2.14. The molecule has 0 saturated heterocycles. The van der Waals surface area contributed by atoms with Gasteiger partial charge in [0.15, 0.2) is 5.69 Å². The van der Waals surface area contributed by atoms with Crippen molar-refractivity contribution >= 4 is 11.8 Å². The van der Waals surface area contributed by atoms with Crippen LogP contribution in [-0.2, 0) is 6.54 Å². The van der Waals surface area contributed by atoms with E-state index >= 15 is 0 Å². The second kappa shape index (κ2) is 5.79. The van der Waals surface area contributed by atoms with E-state index in [1.54, 1.807) is 12.3 Å². The van der Waals surface area contributed by atoms with E-state index in [1.807, 2.05) is 6.92 Å². The Bertz CT molecular complexity index is 673. The Labute approximate surface area is 114 Å². The van der Waals surface area contributed by atoms with Gasteiger partial charge in [-0.2, -0.15) is 5.26 Å². The quantitative estimate of drug-likeness (QED) is 0.821. The normalized spacial score (nSPS) is 10.0. The van der Waals surface area contributed by atoms with Crippen LogP contribution in [0.5, 0.6) is 0 Å². The molecule has 20 heavy (non-hydrogen) atoms. The molecule has 2 heterocycles. The first-order chi connectivity index (χ1) is 9.61. The van der Waals surface area contributed by atoms with Gasteiger partial charge in [0.2, 0.25) is 0 Å². The number of aryl methyl sites for hydroxylation is 1. The number of carboxylic acid groups (broad SMARTS) is 1. The van der Waals surface area contributed by atoms with Crippen molar-refractivity contribution in [3.8, 4) is 6.07 Å². The van der Waals surface area contributed by atoms with E-state index in [2.05, 4.69) is 26.7 Å². The molecule has 2 aromatic rings. The molecule has 0 aliphatic heterocycles. The Morgan fingerprint density at radius 2 is 2.40 bits per heavy atom. The van der Waals surface area contributed by atoms with Gasteiger partial charge in [-0.25, -0.2) is 14.5 Å². The van der Waals surface area contributed by atoms with Crippen molar-refractivity contribution in [3.05, 3.63) is 35.3 Å². The number of carboxylic acids is 1. The van der Waals surface area contributed by atoms with E-state index < -0.39 is 5.97 Å². The zero-order valence-electron chi connectivity index (χ0n) is 10.7. The third-order valence-electron chi connectivity index (χ3n) is 2.66. The fraction of sp³-hybridized carbons (Fsp3) is 0.250. The number of hydrogen-bond acceptors (Lipinski definition) is 6. The highest BCUT2D eigenvalue weighted by Gasteiger charge is 2.09. The van der Waals surface area contributed by atoms with Crippen LogP contribution in [0.25, 0.3) is 0 Å². The summed E-state index contributed by atoms with van der Waals surface area (Å²) in [5.74, 6) is -0.609. The predicted molar refractivity (Wildman–Crippen MR) is 69.2 cm³/mol. The van der Waals surface area contributed by atoms with E-state index in [1.165, 1.54) is 10.9 Å². The van der Waals surface area contributed by atoms with Crippen LogP contribution < -0.4 is 5.32 Å². The summed E-state index contributed by atoms with van der Waals surface area (Å²) < 4.78 is 1.41. The Kier molecular flexibility index (Phi) is 3.91. The maximum absolute atomic E-state index is 10.7. The molecule has 0 bridgehead atoms. The third-order valence-corrected chi connectivity index (χ3v) is 2.66. The van der Waals surface area contributed by atoms with Gasteiger partial charge >= 0.3 is 5.97 Å². The van der Waals surface area contributed by atoms with Gasteiger partial charge in [-0.1, -0.05) is 5.21 Å². The topological polar surface area (TPSA) is 117 Å². The number of rotatable bonds is 5. The first-order valence-corrected chi connectivity index (χ1v) is 5.85. The standard InChI is InChI=1S/C12H12N6O2/c1-8-2-3-14-11(9(8)6-13)15-4-5-18-7-10(12(19)20)16-17-18/h2-3,7H,4-5H2,1H3,(H,14,15)(H,19,20). The van der Waals surface area contributed by atoms with Crippen molar-refractivity contribution in [2.75, 3.05) is 11.9 Å². The van der Waals surface area contributed by atoms with Crippen molar-refractivity contribution in [1.29, 1.82) is 5.26 Å². The second-order valence-electron chi connectivity index (χ2n) is 4.06. The molecule has 0 unspecified atom stereocenters. The highest BCUT2D eigenvalue weighted by molar-refractivity contribution is 5.84. The van der Waals surface area contributed by atoms with Gasteiger partial charge in [0.1, 0.15) is 11.9 Å². The molecular weight excluding hydrogens is 260 g/mol. The summed E-state index contributed by atoms with van der Waals surface area (Å²) >= 11 is 0. The number of aromatic carboxylic acids is 1. The Hall–Kier alpha value is -2.95. The molecule has 0 aromatic carbocycles. The zero-order valence-corrected chi connectivity index (χ0v) is 10.7. The SMILES string of the molecule is Cc1ccnc(NCCn2cc(C(=O)O)nn2)c1C#N. The number of aromatic nitrogens is 4. The fourth-order valence-electron chi connectivity index (χ4n) is 1.63. The lowest BCUT2D eigenvalue weighted by molar-refractivity contribution is 0.0690. The molecular formula is C12H12N6O2. The first kappa shape index (κ1) is 13.5. The molecule has 0 spiro atoms. The number of nitriles is 1. The van der Waals surface area contributed by atoms with Crippen LogP contribution in [0, 0.1) is 18.3 Å². The van der Waals surface area contributed by atoms with Crippen molar-refractivity contribution < 1.29 is 9.90 Å². The van der Waals surface area contributed by atoms with Gasteiger partial charge in [-0.15, -0.1) is 5.10 Å². The van der Waals surface area contributed by atoms with Crippen LogP contribution in [0.3, 0.4) is 0 Å². The molecule has 2 N–H and O–H groups in total. The summed E-state index contributed by atoms with van der Waals surface area (Å²) in [6.07, 6.45) is 2.97. The Morgan fingerprint density at radius 3 is 3.05 bits per heavy atom. The monoisotopic (exact) mass is 272 g/mol. The highest BCUT2D eigenvalue weighted by atomic mass is 16.4. The van der Waals surface area contributed by atoms with Crippen LogP contribution in [0.15, 0.2) is 18.5 Å². The summed E-state index contributed by atoms with van der Waals surface area (Å²) in [6, 6.07) is 3.86. The molecule has 0 aliphatic rings. The maximum atomic E-state index is 10.7. The molecule has 0 atom stereocenters. The Morgan fingerprint density at radius 1 is 1.60 bits per heavy atom. The minimum atomic E-state index is -1.11. The molecule has 0 fully saturated rings. The minimum Gasteiger partial charge on any atom is -0.476 e. The molecule has 0 amide bonds. The van der Waals surface area contributed by atoms with E-state index in [-0.39, 0.29) is 5.69 Å². The minimum absolute atomic E-state index is 0.101. The summed E-state index contributed by atoms with van der Waals surface area (Å²) in [5.41, 5.74) is 1.24. The summed E-state index contributed by atoms with van der Waals surface area (Å²) in [5, 5.41) is 28.0. The lowest BCUT2D eigenvalue weighted by Gasteiger charge is -2.08. The zero-order chi connectivity index (χ0) is 14.5. The van der Waals surface area contributed by atoms with Crippen LogP contribution in [-0.4, -0.2) is 37.6 Å². The van der Waals surface area contributed by atoms with E-state index in [9.17, 15) is 4.79 Å². The lowest BCUT2D eigenvalue weighted by atomic mass is 10.1. The lowest BCUT2D eigenvalue weighted by Crippen LogP contribution is -2.13. The molecule has 8 nitrogen and oxygen atoms in total.